The van der Waals surface area contributed by atoms with Crippen LogP contribution in [0.15, 0.2) is 24.3 Å². The van der Waals surface area contributed by atoms with Crippen molar-refractivity contribution in [2.75, 3.05) is 18.9 Å². The van der Waals surface area contributed by atoms with Gasteiger partial charge in [-0.3, -0.25) is 9.59 Å². The van der Waals surface area contributed by atoms with E-state index >= 15 is 0 Å². The number of aryl methyl sites for hydroxylation is 1. The lowest BCUT2D eigenvalue weighted by Crippen LogP contribution is -2.30. The van der Waals surface area contributed by atoms with E-state index in [0.717, 1.165) is 5.56 Å². The zero-order valence-electron chi connectivity index (χ0n) is 10.4. The van der Waals surface area contributed by atoms with Gasteiger partial charge in [0.15, 0.2) is 0 Å². The minimum absolute atomic E-state index is 0.0864. The number of anilines is 1. The fourth-order valence-corrected chi connectivity index (χ4v) is 1.48. The van der Waals surface area contributed by atoms with E-state index in [4.69, 9.17) is 10.5 Å². The molecule has 1 aromatic rings. The van der Waals surface area contributed by atoms with Crippen LogP contribution in [0.3, 0.4) is 0 Å². The molecule has 0 heterocycles. The van der Waals surface area contributed by atoms with Gasteiger partial charge in [-0.25, -0.2) is 0 Å². The van der Waals surface area contributed by atoms with E-state index in [0.29, 0.717) is 25.1 Å². The molecule has 0 radical (unpaired) electrons. The topological polar surface area (TPSA) is 81.4 Å². The van der Waals surface area contributed by atoms with Crippen molar-refractivity contribution in [3.05, 3.63) is 29.8 Å². The third-order valence-corrected chi connectivity index (χ3v) is 2.41. The normalized spacial score (nSPS) is 9.83. The molecular formula is C13H18N2O3. The second-order valence-electron chi connectivity index (χ2n) is 3.78. The predicted octanol–water partition coefficient (Wildman–Crippen LogP) is 0.881. The first-order chi connectivity index (χ1) is 8.63. The van der Waals surface area contributed by atoms with E-state index in [1.54, 1.807) is 13.0 Å². The smallest absolute Gasteiger partial charge is 0.325 e. The SMILES string of the molecule is CCOC(=O)CNC(=O)CCc1ccccc1N. The third-order valence-electron chi connectivity index (χ3n) is 2.41. The zero-order chi connectivity index (χ0) is 13.4. The molecule has 0 aliphatic rings. The van der Waals surface area contributed by atoms with E-state index in [-0.39, 0.29) is 12.5 Å². The Bertz CT molecular complexity index is 418. The molecule has 0 unspecified atom stereocenters. The second-order valence-corrected chi connectivity index (χ2v) is 3.78. The van der Waals surface area contributed by atoms with Gasteiger partial charge in [-0.15, -0.1) is 0 Å². The van der Waals surface area contributed by atoms with Crippen LogP contribution in [-0.2, 0) is 20.7 Å². The molecule has 3 N–H and O–H groups in total. The van der Waals surface area contributed by atoms with Crippen LogP contribution < -0.4 is 11.1 Å². The molecule has 5 nitrogen and oxygen atoms in total. The highest BCUT2D eigenvalue weighted by Crippen LogP contribution is 2.12. The third kappa shape index (κ3) is 4.86. The number of carbonyl (C=O) groups excluding carboxylic acids is 2. The van der Waals surface area contributed by atoms with Crippen molar-refractivity contribution in [2.45, 2.75) is 19.8 Å². The molecule has 1 rings (SSSR count). The van der Waals surface area contributed by atoms with Gasteiger partial charge in [-0.2, -0.15) is 0 Å². The van der Waals surface area contributed by atoms with Crippen LogP contribution in [0.5, 0.6) is 0 Å². The first-order valence-electron chi connectivity index (χ1n) is 5.89. The average Bonchev–Trinajstić information content (AvgIpc) is 2.36. The van der Waals surface area contributed by atoms with Gasteiger partial charge in [0.1, 0.15) is 6.54 Å². The van der Waals surface area contributed by atoms with E-state index in [2.05, 4.69) is 5.32 Å². The Morgan fingerprint density at radius 1 is 1.33 bits per heavy atom. The van der Waals surface area contributed by atoms with Crippen molar-refractivity contribution in [3.8, 4) is 0 Å². The highest BCUT2D eigenvalue weighted by Gasteiger charge is 2.07. The highest BCUT2D eigenvalue weighted by atomic mass is 16.5. The Morgan fingerprint density at radius 3 is 2.72 bits per heavy atom. The number of benzene rings is 1. The molecule has 1 amide bonds. The molecule has 0 fully saturated rings. The Balaban J connectivity index is 2.29. The Labute approximate surface area is 106 Å². The fraction of sp³-hybridized carbons (Fsp3) is 0.385. The van der Waals surface area contributed by atoms with Crippen LogP contribution in [0.25, 0.3) is 0 Å². The first kappa shape index (κ1) is 14.0. The summed E-state index contributed by atoms with van der Waals surface area (Å²) in [4.78, 5) is 22.5. The molecule has 0 aromatic heterocycles. The van der Waals surface area contributed by atoms with Crippen LogP contribution in [0.1, 0.15) is 18.9 Å². The van der Waals surface area contributed by atoms with Crippen molar-refractivity contribution < 1.29 is 14.3 Å². The maximum atomic E-state index is 11.5. The number of esters is 1. The van der Waals surface area contributed by atoms with Crippen LogP contribution >= 0.6 is 0 Å². The van der Waals surface area contributed by atoms with E-state index < -0.39 is 5.97 Å². The summed E-state index contributed by atoms with van der Waals surface area (Å²) < 4.78 is 4.70. The largest absolute Gasteiger partial charge is 0.465 e. The second kappa shape index (κ2) is 7.32. The number of rotatable bonds is 6. The summed E-state index contributed by atoms with van der Waals surface area (Å²) in [6, 6.07) is 7.40. The number of nitrogens with one attached hydrogen (secondary N) is 1. The molecule has 0 atom stereocenters. The summed E-state index contributed by atoms with van der Waals surface area (Å²) in [6.07, 6.45) is 0.856. The van der Waals surface area contributed by atoms with Gasteiger partial charge in [0.05, 0.1) is 6.61 Å². The summed E-state index contributed by atoms with van der Waals surface area (Å²) in [5.41, 5.74) is 7.37. The molecule has 5 heteroatoms. The molecule has 0 bridgehead atoms. The van der Waals surface area contributed by atoms with Gasteiger partial charge >= 0.3 is 5.97 Å². The number of carbonyl (C=O) groups is 2. The molecule has 0 spiro atoms. The minimum Gasteiger partial charge on any atom is -0.465 e. The van der Waals surface area contributed by atoms with Crippen molar-refractivity contribution in [1.82, 2.24) is 5.32 Å². The standard InChI is InChI=1S/C13H18N2O3/c1-2-18-13(17)9-15-12(16)8-7-10-5-3-4-6-11(10)14/h3-6H,2,7-9,14H2,1H3,(H,15,16). The molecule has 0 saturated carbocycles. The minimum atomic E-state index is -0.426. The van der Waals surface area contributed by atoms with Crippen LogP contribution in [0, 0.1) is 0 Å². The fourth-order valence-electron chi connectivity index (χ4n) is 1.48. The van der Waals surface area contributed by atoms with Crippen molar-refractivity contribution in [2.24, 2.45) is 0 Å². The van der Waals surface area contributed by atoms with E-state index in [1.165, 1.54) is 0 Å². The Kier molecular flexibility index (Phi) is 5.70. The number of ether oxygens (including phenoxy) is 1. The molecule has 18 heavy (non-hydrogen) atoms. The monoisotopic (exact) mass is 250 g/mol. The number of nitrogens with two attached hydrogens (primary N) is 1. The number of para-hydroxylation sites is 1. The summed E-state index contributed by atoms with van der Waals surface area (Å²) in [6.45, 7) is 1.95. The maximum absolute atomic E-state index is 11.5. The van der Waals surface area contributed by atoms with E-state index in [1.807, 2.05) is 18.2 Å². The summed E-state index contributed by atoms with van der Waals surface area (Å²) in [5, 5.41) is 2.50. The first-order valence-corrected chi connectivity index (χ1v) is 5.89. The Hall–Kier alpha value is -2.04. The molecule has 0 aliphatic carbocycles. The van der Waals surface area contributed by atoms with Gasteiger partial charge in [0.2, 0.25) is 5.91 Å². The number of hydrogen-bond donors (Lipinski definition) is 2. The predicted molar refractivity (Wildman–Crippen MR) is 68.8 cm³/mol. The zero-order valence-corrected chi connectivity index (χ0v) is 10.4. The maximum Gasteiger partial charge on any atom is 0.325 e. The van der Waals surface area contributed by atoms with Gasteiger partial charge in [-0.1, -0.05) is 18.2 Å². The van der Waals surface area contributed by atoms with Gasteiger partial charge in [0, 0.05) is 12.1 Å². The molecule has 1 aromatic carbocycles. The number of hydrogen-bond acceptors (Lipinski definition) is 4. The van der Waals surface area contributed by atoms with Crippen LogP contribution in [0.2, 0.25) is 0 Å². The van der Waals surface area contributed by atoms with Crippen molar-refractivity contribution in [1.29, 1.82) is 0 Å². The van der Waals surface area contributed by atoms with Crippen LogP contribution in [0.4, 0.5) is 5.69 Å². The number of amides is 1. The molecule has 98 valence electrons. The summed E-state index contributed by atoms with van der Waals surface area (Å²) in [5.74, 6) is -0.614. The highest BCUT2D eigenvalue weighted by molar-refractivity contribution is 5.82. The Morgan fingerprint density at radius 2 is 2.06 bits per heavy atom. The molecule has 0 aliphatic heterocycles. The van der Waals surface area contributed by atoms with Gasteiger partial charge in [0.25, 0.3) is 0 Å². The van der Waals surface area contributed by atoms with Crippen molar-refractivity contribution >= 4 is 17.6 Å². The lowest BCUT2D eigenvalue weighted by molar-refractivity contribution is -0.143. The lowest BCUT2D eigenvalue weighted by Gasteiger charge is -2.06. The molecule has 0 saturated heterocycles. The van der Waals surface area contributed by atoms with Crippen molar-refractivity contribution in [3.63, 3.8) is 0 Å². The molecular weight excluding hydrogens is 232 g/mol. The number of nitrogen functional groups attached to an aromatic ring is 1. The summed E-state index contributed by atoms with van der Waals surface area (Å²) >= 11 is 0. The van der Waals surface area contributed by atoms with Gasteiger partial charge < -0.3 is 15.8 Å². The lowest BCUT2D eigenvalue weighted by atomic mass is 10.1. The van der Waals surface area contributed by atoms with E-state index in [9.17, 15) is 9.59 Å². The average molecular weight is 250 g/mol. The van der Waals surface area contributed by atoms with Crippen LogP contribution in [-0.4, -0.2) is 25.0 Å². The summed E-state index contributed by atoms with van der Waals surface area (Å²) in [7, 11) is 0. The quantitative estimate of drug-likeness (QED) is 0.580. The van der Waals surface area contributed by atoms with Gasteiger partial charge in [-0.05, 0) is 25.0 Å².